The molecule has 0 aromatic heterocycles. The summed E-state index contributed by atoms with van der Waals surface area (Å²) in [6.45, 7) is 0. The summed E-state index contributed by atoms with van der Waals surface area (Å²) in [6, 6.07) is 23.1. The number of halogens is 2. The lowest BCUT2D eigenvalue weighted by Gasteiger charge is -2.10. The number of para-hydroxylation sites is 1. The van der Waals surface area contributed by atoms with Crippen LogP contribution in [0.1, 0.15) is 16.7 Å². The predicted octanol–water partition coefficient (Wildman–Crippen LogP) is 6.24. The molecule has 0 aliphatic rings. The Morgan fingerprint density at radius 1 is 0.923 bits per heavy atom. The maximum absolute atomic E-state index is 12.3. The molecule has 0 bridgehead atoms. The summed E-state index contributed by atoms with van der Waals surface area (Å²) in [5.41, 5.74) is 3.79. The van der Waals surface area contributed by atoms with Gasteiger partial charge in [0.25, 0.3) is 0 Å². The van der Waals surface area contributed by atoms with Crippen LogP contribution in [0.3, 0.4) is 0 Å². The summed E-state index contributed by atoms with van der Waals surface area (Å²) in [7, 11) is 0. The fourth-order valence-electron chi connectivity index (χ4n) is 2.59. The van der Waals surface area contributed by atoms with Crippen molar-refractivity contribution in [1.29, 1.82) is 0 Å². The summed E-state index contributed by atoms with van der Waals surface area (Å²) in [4.78, 5) is 12.3. The van der Waals surface area contributed by atoms with Crippen molar-refractivity contribution in [3.63, 3.8) is 0 Å². The average Bonchev–Trinajstić information content (AvgIpc) is 2.63. The Hall–Kier alpha value is -2.55. The zero-order chi connectivity index (χ0) is 18.4. The largest absolute Gasteiger partial charge is 0.322 e. The zero-order valence-electron chi connectivity index (χ0n) is 14.0. The molecule has 1 amide bonds. The summed E-state index contributed by atoms with van der Waals surface area (Å²) in [6.07, 6.45) is 3.90. The van der Waals surface area contributed by atoms with E-state index in [2.05, 4.69) is 17.4 Å². The van der Waals surface area contributed by atoms with Crippen molar-refractivity contribution in [3.05, 3.63) is 106 Å². The van der Waals surface area contributed by atoms with Crippen molar-refractivity contribution >= 4 is 40.9 Å². The second kappa shape index (κ2) is 8.70. The van der Waals surface area contributed by atoms with Crippen molar-refractivity contribution in [2.75, 3.05) is 5.32 Å². The first kappa shape index (κ1) is 18.2. The first-order valence-electron chi connectivity index (χ1n) is 8.18. The highest BCUT2D eigenvalue weighted by Gasteiger charge is 2.06. The number of benzene rings is 3. The molecule has 0 saturated carbocycles. The first-order valence-corrected chi connectivity index (χ1v) is 8.93. The van der Waals surface area contributed by atoms with Gasteiger partial charge in [-0.15, -0.1) is 0 Å². The second-order valence-electron chi connectivity index (χ2n) is 5.81. The van der Waals surface area contributed by atoms with Crippen LogP contribution in [0.25, 0.3) is 6.08 Å². The molecule has 130 valence electrons. The third kappa shape index (κ3) is 4.98. The van der Waals surface area contributed by atoms with Crippen LogP contribution in [-0.2, 0) is 11.2 Å². The van der Waals surface area contributed by atoms with E-state index in [9.17, 15) is 4.79 Å². The van der Waals surface area contributed by atoms with Crippen LogP contribution in [0.15, 0.2) is 78.9 Å². The van der Waals surface area contributed by atoms with Crippen LogP contribution in [0.2, 0.25) is 10.0 Å². The molecule has 0 radical (unpaired) electrons. The molecule has 0 saturated heterocycles. The van der Waals surface area contributed by atoms with Crippen molar-refractivity contribution in [1.82, 2.24) is 0 Å². The van der Waals surface area contributed by atoms with Crippen molar-refractivity contribution < 1.29 is 4.79 Å². The molecule has 0 spiro atoms. The minimum absolute atomic E-state index is 0.212. The fourth-order valence-corrected chi connectivity index (χ4v) is 3.06. The third-order valence-corrected chi connectivity index (χ3v) is 4.45. The highest BCUT2D eigenvalue weighted by molar-refractivity contribution is 6.35. The molecule has 26 heavy (non-hydrogen) atoms. The molecular formula is C22H17Cl2NO. The standard InChI is InChI=1S/C22H17Cl2NO/c23-19-12-10-17(20(24)15-19)11-13-22(26)25-21-9-5-4-8-18(21)14-16-6-2-1-3-7-16/h1-13,15H,14H2,(H,25,26)/b13-11+. The molecule has 0 aliphatic heterocycles. The van der Waals surface area contributed by atoms with E-state index in [0.717, 1.165) is 23.2 Å². The van der Waals surface area contributed by atoms with Gasteiger partial charge < -0.3 is 5.32 Å². The smallest absolute Gasteiger partial charge is 0.248 e. The molecule has 0 atom stereocenters. The molecular weight excluding hydrogens is 365 g/mol. The minimum Gasteiger partial charge on any atom is -0.322 e. The van der Waals surface area contributed by atoms with Gasteiger partial charge in [0.2, 0.25) is 5.91 Å². The Bertz CT molecular complexity index is 936. The van der Waals surface area contributed by atoms with E-state index in [0.29, 0.717) is 10.0 Å². The highest BCUT2D eigenvalue weighted by Crippen LogP contribution is 2.22. The van der Waals surface area contributed by atoms with Gasteiger partial charge in [0.05, 0.1) is 0 Å². The van der Waals surface area contributed by atoms with Gasteiger partial charge in [-0.1, -0.05) is 77.8 Å². The predicted molar refractivity (Wildman–Crippen MR) is 110 cm³/mol. The molecule has 3 aromatic rings. The third-order valence-electron chi connectivity index (χ3n) is 3.89. The lowest BCUT2D eigenvalue weighted by molar-refractivity contribution is -0.111. The van der Waals surface area contributed by atoms with E-state index in [1.165, 1.54) is 11.6 Å². The molecule has 0 aliphatic carbocycles. The highest BCUT2D eigenvalue weighted by atomic mass is 35.5. The minimum atomic E-state index is -0.212. The van der Waals surface area contributed by atoms with Gasteiger partial charge in [-0.3, -0.25) is 4.79 Å². The van der Waals surface area contributed by atoms with Gasteiger partial charge >= 0.3 is 0 Å². The summed E-state index contributed by atoms with van der Waals surface area (Å²) < 4.78 is 0. The Morgan fingerprint density at radius 3 is 2.42 bits per heavy atom. The molecule has 0 unspecified atom stereocenters. The van der Waals surface area contributed by atoms with Crippen molar-refractivity contribution in [2.24, 2.45) is 0 Å². The number of nitrogens with one attached hydrogen (secondary N) is 1. The number of rotatable bonds is 5. The Labute approximate surface area is 163 Å². The van der Waals surface area contributed by atoms with Gasteiger partial charge in [-0.05, 0) is 47.4 Å². The Morgan fingerprint density at radius 2 is 1.65 bits per heavy atom. The number of hydrogen-bond acceptors (Lipinski definition) is 1. The number of amides is 1. The molecule has 1 N–H and O–H groups in total. The van der Waals surface area contributed by atoms with Crippen LogP contribution in [0, 0.1) is 0 Å². The van der Waals surface area contributed by atoms with Crippen LogP contribution in [0.5, 0.6) is 0 Å². The molecule has 3 aromatic carbocycles. The number of carbonyl (C=O) groups is 1. The van der Waals surface area contributed by atoms with Gasteiger partial charge in [0.15, 0.2) is 0 Å². The van der Waals surface area contributed by atoms with E-state index in [-0.39, 0.29) is 5.91 Å². The van der Waals surface area contributed by atoms with E-state index in [1.807, 2.05) is 42.5 Å². The maximum atomic E-state index is 12.3. The van der Waals surface area contributed by atoms with Gasteiger partial charge in [0.1, 0.15) is 0 Å². The number of hydrogen-bond donors (Lipinski definition) is 1. The van der Waals surface area contributed by atoms with Crippen LogP contribution in [0.4, 0.5) is 5.69 Å². The normalized spacial score (nSPS) is 10.8. The van der Waals surface area contributed by atoms with E-state index < -0.39 is 0 Å². The van der Waals surface area contributed by atoms with Crippen LogP contribution < -0.4 is 5.32 Å². The topological polar surface area (TPSA) is 29.1 Å². The molecule has 0 fully saturated rings. The fraction of sp³-hybridized carbons (Fsp3) is 0.0455. The van der Waals surface area contributed by atoms with Crippen molar-refractivity contribution in [3.8, 4) is 0 Å². The van der Waals surface area contributed by atoms with E-state index in [4.69, 9.17) is 23.2 Å². The summed E-state index contributed by atoms with van der Waals surface area (Å²) >= 11 is 12.0. The van der Waals surface area contributed by atoms with Gasteiger partial charge in [-0.25, -0.2) is 0 Å². The van der Waals surface area contributed by atoms with Crippen molar-refractivity contribution in [2.45, 2.75) is 6.42 Å². The summed E-state index contributed by atoms with van der Waals surface area (Å²) in [5.74, 6) is -0.212. The molecule has 2 nitrogen and oxygen atoms in total. The first-order chi connectivity index (χ1) is 12.6. The molecule has 0 heterocycles. The van der Waals surface area contributed by atoms with E-state index in [1.54, 1.807) is 24.3 Å². The second-order valence-corrected chi connectivity index (χ2v) is 6.65. The van der Waals surface area contributed by atoms with Crippen LogP contribution >= 0.6 is 23.2 Å². The average molecular weight is 382 g/mol. The lowest BCUT2D eigenvalue weighted by Crippen LogP contribution is -2.10. The van der Waals surface area contributed by atoms with Crippen LogP contribution in [-0.4, -0.2) is 5.91 Å². The number of carbonyl (C=O) groups excluding carboxylic acids is 1. The molecule has 4 heteroatoms. The Balaban J connectivity index is 1.72. The van der Waals surface area contributed by atoms with E-state index >= 15 is 0 Å². The molecule has 3 rings (SSSR count). The van der Waals surface area contributed by atoms with Gasteiger partial charge in [-0.2, -0.15) is 0 Å². The van der Waals surface area contributed by atoms with Gasteiger partial charge in [0, 0.05) is 21.8 Å². The monoisotopic (exact) mass is 381 g/mol. The quantitative estimate of drug-likeness (QED) is 0.520. The summed E-state index contributed by atoms with van der Waals surface area (Å²) in [5, 5.41) is 4.00. The lowest BCUT2D eigenvalue weighted by atomic mass is 10.0. The number of anilines is 1. The zero-order valence-corrected chi connectivity index (χ0v) is 15.5. The Kier molecular flexibility index (Phi) is 6.11. The maximum Gasteiger partial charge on any atom is 0.248 e. The SMILES string of the molecule is O=C(/C=C/c1ccc(Cl)cc1Cl)Nc1ccccc1Cc1ccccc1.